The molecule has 0 radical (unpaired) electrons. The van der Waals surface area contributed by atoms with Crippen LogP contribution >= 0.6 is 0 Å². The third-order valence-electron chi connectivity index (χ3n) is 12.2. The van der Waals surface area contributed by atoms with Crippen LogP contribution in [0, 0.1) is 0 Å². The Balaban J connectivity index is 0.000000170. The van der Waals surface area contributed by atoms with Gasteiger partial charge >= 0.3 is 0 Å². The van der Waals surface area contributed by atoms with Crippen LogP contribution in [0.3, 0.4) is 0 Å². The Morgan fingerprint density at radius 2 is 0.750 bits per heavy atom. The van der Waals surface area contributed by atoms with Gasteiger partial charge in [0.1, 0.15) is 11.5 Å². The van der Waals surface area contributed by atoms with E-state index in [2.05, 4.69) is 172 Å². The molecule has 0 heterocycles. The number of benzene rings is 9. The zero-order valence-corrected chi connectivity index (χ0v) is 35.4. The highest BCUT2D eigenvalue weighted by molar-refractivity contribution is 5.95. The van der Waals surface area contributed by atoms with Crippen LogP contribution in [0.1, 0.15) is 74.9 Å². The number of fused-ring (bicyclic) bond motifs is 9. The summed E-state index contributed by atoms with van der Waals surface area (Å²) in [6, 6.07) is 63.7. The largest absolute Gasteiger partial charge is 0.508 e. The molecule has 0 aromatic heterocycles. The van der Waals surface area contributed by atoms with Crippen molar-refractivity contribution in [2.75, 3.05) is 0 Å². The van der Waals surface area contributed by atoms with Crippen LogP contribution in [-0.4, -0.2) is 10.2 Å². The van der Waals surface area contributed by atoms with E-state index < -0.39 is 5.41 Å². The van der Waals surface area contributed by atoms with E-state index in [1.165, 1.54) is 66.4 Å². The van der Waals surface area contributed by atoms with Crippen LogP contribution in [0.5, 0.6) is 11.5 Å². The molecule has 9 aromatic rings. The van der Waals surface area contributed by atoms with Gasteiger partial charge in [-0.1, -0.05) is 173 Å². The minimum Gasteiger partial charge on any atom is -0.508 e. The highest BCUT2D eigenvalue weighted by Crippen LogP contribution is 2.57. The van der Waals surface area contributed by atoms with Gasteiger partial charge in [-0.25, -0.2) is 0 Å². The lowest BCUT2D eigenvalue weighted by molar-refractivity contribution is 0.475. The highest BCUT2D eigenvalue weighted by Gasteiger charge is 2.46. The normalized spacial score (nSPS) is 15.1. The van der Waals surface area contributed by atoms with E-state index in [0.29, 0.717) is 0 Å². The summed E-state index contributed by atoms with van der Waals surface area (Å²) in [6.45, 7) is 12.4. The molecule has 1 unspecified atom stereocenters. The third-order valence-corrected chi connectivity index (χ3v) is 12.2. The van der Waals surface area contributed by atoms with Crippen LogP contribution < -0.4 is 0 Å². The van der Waals surface area contributed by atoms with Crippen molar-refractivity contribution in [2.24, 2.45) is 0 Å². The molecule has 60 heavy (non-hydrogen) atoms. The molecule has 2 nitrogen and oxygen atoms in total. The van der Waals surface area contributed by atoms with Crippen molar-refractivity contribution in [1.82, 2.24) is 0 Å². The molecule has 0 spiro atoms. The summed E-state index contributed by atoms with van der Waals surface area (Å²) in [7, 11) is 0. The Kier molecular flexibility index (Phi) is 10.9. The third kappa shape index (κ3) is 6.44. The Labute approximate surface area is 354 Å². The number of phenols is 2. The maximum atomic E-state index is 10.0. The smallest absolute Gasteiger partial charge is 0.116 e. The quantitative estimate of drug-likeness (QED) is 0.175. The maximum absolute atomic E-state index is 10.0. The predicted octanol–water partition coefficient (Wildman–Crippen LogP) is 15.5. The molecule has 2 heteroatoms. The first-order valence-corrected chi connectivity index (χ1v) is 21.3. The fraction of sp³-hybridized carbons (Fsp3) is 0.138. The van der Waals surface area contributed by atoms with Crippen LogP contribution in [-0.2, 0) is 10.8 Å². The van der Waals surface area contributed by atoms with Gasteiger partial charge < -0.3 is 10.2 Å². The van der Waals surface area contributed by atoms with Gasteiger partial charge in [-0.2, -0.15) is 0 Å². The van der Waals surface area contributed by atoms with E-state index in [1.807, 2.05) is 52.0 Å². The summed E-state index contributed by atoms with van der Waals surface area (Å²) in [5.74, 6) is 0.545. The molecule has 2 aliphatic rings. The molecule has 9 aromatic carbocycles. The van der Waals surface area contributed by atoms with Crippen molar-refractivity contribution in [3.63, 3.8) is 0 Å². The molecular weight excluding hydrogens is 729 g/mol. The monoisotopic (exact) mass is 780 g/mol. The summed E-state index contributed by atoms with van der Waals surface area (Å²) >= 11 is 0. The molecule has 11 rings (SSSR count). The lowest BCUT2D eigenvalue weighted by Crippen LogP contribution is -2.28. The number of rotatable bonds is 3. The van der Waals surface area contributed by atoms with Gasteiger partial charge in [0.05, 0.1) is 5.41 Å². The van der Waals surface area contributed by atoms with Crippen molar-refractivity contribution >= 4 is 32.3 Å². The van der Waals surface area contributed by atoms with Gasteiger partial charge in [0.2, 0.25) is 0 Å². The van der Waals surface area contributed by atoms with Crippen LogP contribution in [0.15, 0.2) is 194 Å². The molecule has 0 amide bonds. The summed E-state index contributed by atoms with van der Waals surface area (Å²) in [4.78, 5) is 0. The summed E-state index contributed by atoms with van der Waals surface area (Å²) in [6.07, 6.45) is 4.49. The Morgan fingerprint density at radius 1 is 0.367 bits per heavy atom. The Bertz CT molecular complexity index is 2910. The van der Waals surface area contributed by atoms with E-state index in [-0.39, 0.29) is 16.9 Å². The number of allylic oxidation sites excluding steroid dienone is 2. The summed E-state index contributed by atoms with van der Waals surface area (Å²) in [5, 5.41) is 26.8. The summed E-state index contributed by atoms with van der Waals surface area (Å²) < 4.78 is 0. The fourth-order valence-electron chi connectivity index (χ4n) is 9.68. The molecular formula is C58H52O2. The zero-order chi connectivity index (χ0) is 42.0. The van der Waals surface area contributed by atoms with Crippen LogP contribution in [0.4, 0.5) is 0 Å². The SMILES string of the molecule is C/C=C/C1(C)c2ccccc2-c2cc3ccccc3cc21.CC.CC.Oc1ccc2cc(C3(c4ccc5cc(O)ccc5c4)c4ccccc4-c4ccccc43)ccc2c1. The van der Waals surface area contributed by atoms with Gasteiger partial charge in [-0.3, -0.25) is 0 Å². The average Bonchev–Trinajstić information content (AvgIpc) is 3.73. The molecule has 2 N–H and O–H groups in total. The second-order valence-corrected chi connectivity index (χ2v) is 15.3. The fourth-order valence-corrected chi connectivity index (χ4v) is 9.68. The molecule has 0 saturated carbocycles. The molecule has 0 bridgehead atoms. The first kappa shape index (κ1) is 39.9. The van der Waals surface area contributed by atoms with Gasteiger partial charge in [-0.15, -0.1) is 0 Å². The molecule has 1 atom stereocenters. The molecule has 0 aliphatic heterocycles. The van der Waals surface area contributed by atoms with Crippen molar-refractivity contribution in [1.29, 1.82) is 0 Å². The van der Waals surface area contributed by atoms with Crippen molar-refractivity contribution < 1.29 is 10.2 Å². The maximum Gasteiger partial charge on any atom is 0.116 e. The van der Waals surface area contributed by atoms with Gasteiger partial charge in [0, 0.05) is 5.41 Å². The second-order valence-electron chi connectivity index (χ2n) is 15.3. The summed E-state index contributed by atoms with van der Waals surface area (Å²) in [5.41, 5.74) is 12.5. The van der Waals surface area contributed by atoms with Gasteiger partial charge in [0.25, 0.3) is 0 Å². The average molecular weight is 781 g/mol. The lowest BCUT2D eigenvalue weighted by Gasteiger charge is -2.34. The second kappa shape index (κ2) is 16.4. The standard InChI is InChI=1S/C33H22O2.C21H18.2C2H6/c34-27-15-11-21-17-25(13-9-23(21)19-27)33(26-14-10-24-20-28(35)16-12-22(24)18-26)31-7-3-1-5-29(31)30-6-2-4-8-32(30)33;1-3-12-21(2)19-11-7-6-10-17(19)18-13-15-8-4-5-9-16(15)14-20(18)21;2*1-2/h1-20,34-35H;3-14H,1-2H3;2*1-2H3/b;12-3+;;. The minimum atomic E-state index is -0.495. The zero-order valence-electron chi connectivity index (χ0n) is 35.4. The molecule has 0 saturated heterocycles. The minimum absolute atomic E-state index is 0.0231. The van der Waals surface area contributed by atoms with E-state index in [0.717, 1.165) is 21.5 Å². The van der Waals surface area contributed by atoms with Crippen LogP contribution in [0.2, 0.25) is 0 Å². The van der Waals surface area contributed by atoms with Gasteiger partial charge in [-0.05, 0) is 150 Å². The van der Waals surface area contributed by atoms with E-state index in [1.54, 1.807) is 12.1 Å². The molecule has 296 valence electrons. The number of hydrogen-bond acceptors (Lipinski definition) is 2. The number of phenolic OH excluding ortho intramolecular Hbond substituents is 2. The highest BCUT2D eigenvalue weighted by atomic mass is 16.3. The Morgan fingerprint density at radius 3 is 1.25 bits per heavy atom. The van der Waals surface area contributed by atoms with Crippen LogP contribution in [0.25, 0.3) is 54.6 Å². The topological polar surface area (TPSA) is 40.5 Å². The van der Waals surface area contributed by atoms with Gasteiger partial charge in [0.15, 0.2) is 0 Å². The molecule has 0 fully saturated rings. The number of hydrogen-bond donors (Lipinski definition) is 2. The van der Waals surface area contributed by atoms with E-state index in [4.69, 9.17) is 0 Å². The van der Waals surface area contributed by atoms with E-state index in [9.17, 15) is 10.2 Å². The predicted molar refractivity (Wildman–Crippen MR) is 255 cm³/mol. The first-order chi connectivity index (χ1) is 29.4. The Hall–Kier alpha value is -6.90. The first-order valence-electron chi connectivity index (χ1n) is 21.3. The van der Waals surface area contributed by atoms with Crippen molar-refractivity contribution in [3.05, 3.63) is 228 Å². The molecule has 2 aliphatic carbocycles. The van der Waals surface area contributed by atoms with Crippen molar-refractivity contribution in [3.8, 4) is 33.8 Å². The lowest BCUT2D eigenvalue weighted by atomic mass is 9.67. The number of aromatic hydroxyl groups is 2. The van der Waals surface area contributed by atoms with E-state index >= 15 is 0 Å². The van der Waals surface area contributed by atoms with Crippen molar-refractivity contribution in [2.45, 2.75) is 52.4 Å².